The van der Waals surface area contributed by atoms with Gasteiger partial charge in [0.05, 0.1) is 21.5 Å². The fraction of sp³-hybridized carbons (Fsp3) is 0.176. The molecule has 9 heteroatoms. The Kier molecular flexibility index (Phi) is 4.60. The van der Waals surface area contributed by atoms with E-state index in [1.165, 1.54) is 24.3 Å². The van der Waals surface area contributed by atoms with Crippen LogP contribution in [0.2, 0.25) is 10.0 Å². The van der Waals surface area contributed by atoms with Crippen molar-refractivity contribution >= 4 is 40.8 Å². The van der Waals surface area contributed by atoms with Crippen molar-refractivity contribution in [2.45, 2.75) is 19.0 Å². The lowest BCUT2D eigenvalue weighted by molar-refractivity contribution is -0.384. The first-order chi connectivity index (χ1) is 12.2. The first-order valence-corrected chi connectivity index (χ1v) is 8.31. The van der Waals surface area contributed by atoms with Crippen molar-refractivity contribution in [3.8, 4) is 0 Å². The predicted molar refractivity (Wildman–Crippen MR) is 96.0 cm³/mol. The van der Waals surface area contributed by atoms with E-state index in [9.17, 15) is 19.7 Å². The zero-order valence-corrected chi connectivity index (χ0v) is 15.0. The maximum absolute atomic E-state index is 12.9. The topological polar surface area (TPSA) is 92.6 Å². The smallest absolute Gasteiger partial charge is 0.319 e. The molecule has 1 atom stereocenters. The van der Waals surface area contributed by atoms with Gasteiger partial charge in [-0.15, -0.1) is 0 Å². The summed E-state index contributed by atoms with van der Waals surface area (Å²) in [6, 6.07) is 9.80. The Bertz CT molecular complexity index is 917. The molecule has 1 saturated heterocycles. The van der Waals surface area contributed by atoms with Gasteiger partial charge in [0.2, 0.25) is 0 Å². The molecule has 3 amide bonds. The molecule has 1 aliphatic rings. The van der Waals surface area contributed by atoms with Gasteiger partial charge in [0, 0.05) is 12.1 Å². The molecule has 7 nitrogen and oxygen atoms in total. The third-order valence-electron chi connectivity index (χ3n) is 4.26. The van der Waals surface area contributed by atoms with Crippen LogP contribution in [0, 0.1) is 10.1 Å². The van der Waals surface area contributed by atoms with Crippen LogP contribution >= 0.6 is 23.2 Å². The normalized spacial score (nSPS) is 19.6. The number of nitro benzene ring substituents is 1. The van der Waals surface area contributed by atoms with Gasteiger partial charge in [0.1, 0.15) is 5.54 Å². The molecule has 134 valence electrons. The highest BCUT2D eigenvalue weighted by Crippen LogP contribution is 2.31. The Labute approximate surface area is 158 Å². The lowest BCUT2D eigenvalue weighted by Crippen LogP contribution is -2.40. The highest BCUT2D eigenvalue weighted by Gasteiger charge is 2.49. The van der Waals surface area contributed by atoms with E-state index in [1.54, 1.807) is 25.1 Å². The Morgan fingerprint density at radius 2 is 1.77 bits per heavy atom. The zero-order valence-electron chi connectivity index (χ0n) is 13.5. The molecule has 0 spiro atoms. The quantitative estimate of drug-likeness (QED) is 0.484. The Morgan fingerprint density at radius 1 is 1.12 bits per heavy atom. The van der Waals surface area contributed by atoms with E-state index >= 15 is 0 Å². The number of halogens is 2. The molecule has 1 heterocycles. The summed E-state index contributed by atoms with van der Waals surface area (Å²) in [5.41, 5.74) is -0.293. The van der Waals surface area contributed by atoms with Gasteiger partial charge in [-0.3, -0.25) is 19.8 Å². The Morgan fingerprint density at radius 3 is 2.35 bits per heavy atom. The zero-order chi connectivity index (χ0) is 19.1. The number of nitrogens with zero attached hydrogens (tertiary/aromatic N) is 2. The molecule has 1 N–H and O–H groups in total. The average molecular weight is 394 g/mol. The minimum Gasteiger partial charge on any atom is -0.319 e. The molecule has 0 bridgehead atoms. The minimum atomic E-state index is -1.30. The largest absolute Gasteiger partial charge is 0.325 e. The van der Waals surface area contributed by atoms with E-state index < -0.39 is 22.4 Å². The first-order valence-electron chi connectivity index (χ1n) is 7.55. The third-order valence-corrected chi connectivity index (χ3v) is 4.99. The molecule has 1 aliphatic heterocycles. The van der Waals surface area contributed by atoms with E-state index in [4.69, 9.17) is 23.2 Å². The van der Waals surface area contributed by atoms with Gasteiger partial charge in [-0.25, -0.2) is 4.79 Å². The molecule has 0 saturated carbocycles. The van der Waals surface area contributed by atoms with Gasteiger partial charge in [-0.05, 0) is 42.3 Å². The van der Waals surface area contributed by atoms with E-state index in [1.807, 2.05) is 0 Å². The number of amides is 3. The van der Waals surface area contributed by atoms with Crippen LogP contribution in [-0.4, -0.2) is 21.8 Å². The molecule has 0 aliphatic carbocycles. The molecular formula is C17H13Cl2N3O4. The number of non-ortho nitro benzene ring substituents is 1. The highest BCUT2D eigenvalue weighted by molar-refractivity contribution is 6.42. The highest BCUT2D eigenvalue weighted by atomic mass is 35.5. The summed E-state index contributed by atoms with van der Waals surface area (Å²) >= 11 is 11.8. The van der Waals surface area contributed by atoms with Crippen LogP contribution in [0.3, 0.4) is 0 Å². The summed E-state index contributed by atoms with van der Waals surface area (Å²) in [7, 11) is 0. The van der Waals surface area contributed by atoms with E-state index in [0.29, 0.717) is 21.2 Å². The lowest BCUT2D eigenvalue weighted by Gasteiger charge is -2.22. The molecular weight excluding hydrogens is 381 g/mol. The second-order valence-corrected chi connectivity index (χ2v) is 6.81. The molecule has 26 heavy (non-hydrogen) atoms. The van der Waals surface area contributed by atoms with Crippen molar-refractivity contribution in [3.63, 3.8) is 0 Å². The van der Waals surface area contributed by atoms with Crippen molar-refractivity contribution in [1.82, 2.24) is 10.2 Å². The summed E-state index contributed by atoms with van der Waals surface area (Å²) in [4.78, 5) is 36.5. The van der Waals surface area contributed by atoms with Crippen LogP contribution in [0.4, 0.5) is 10.5 Å². The number of benzene rings is 2. The average Bonchev–Trinajstić information content (AvgIpc) is 2.82. The van der Waals surface area contributed by atoms with Crippen LogP contribution < -0.4 is 5.32 Å². The van der Waals surface area contributed by atoms with Gasteiger partial charge >= 0.3 is 6.03 Å². The number of carbonyl (C=O) groups excluding carboxylic acids is 2. The number of urea groups is 1. The summed E-state index contributed by atoms with van der Waals surface area (Å²) < 4.78 is 0. The number of nitrogens with one attached hydrogen (secondary N) is 1. The van der Waals surface area contributed by atoms with Gasteiger partial charge in [-0.1, -0.05) is 29.3 Å². The summed E-state index contributed by atoms with van der Waals surface area (Å²) in [5.74, 6) is -0.456. The number of rotatable bonds is 4. The number of hydrogen-bond donors (Lipinski definition) is 1. The second-order valence-electron chi connectivity index (χ2n) is 6.00. The molecule has 1 fully saturated rings. The third kappa shape index (κ3) is 3.11. The van der Waals surface area contributed by atoms with Gasteiger partial charge in [0.25, 0.3) is 11.6 Å². The van der Waals surface area contributed by atoms with Crippen molar-refractivity contribution in [1.29, 1.82) is 0 Å². The summed E-state index contributed by atoms with van der Waals surface area (Å²) in [6.07, 6.45) is 0. The molecule has 2 aromatic carbocycles. The minimum absolute atomic E-state index is 0.0319. The van der Waals surface area contributed by atoms with Crippen LogP contribution in [-0.2, 0) is 16.9 Å². The van der Waals surface area contributed by atoms with Crippen molar-refractivity contribution < 1.29 is 14.5 Å². The number of imide groups is 1. The van der Waals surface area contributed by atoms with Crippen LogP contribution in [0.15, 0.2) is 42.5 Å². The molecule has 0 radical (unpaired) electrons. The Hall–Kier alpha value is -2.64. The second kappa shape index (κ2) is 6.59. The Balaban J connectivity index is 1.87. The maximum atomic E-state index is 12.9. The van der Waals surface area contributed by atoms with Crippen molar-refractivity contribution in [3.05, 3.63) is 73.8 Å². The van der Waals surface area contributed by atoms with Gasteiger partial charge < -0.3 is 5.32 Å². The van der Waals surface area contributed by atoms with Gasteiger partial charge in [0.15, 0.2) is 0 Å². The summed E-state index contributed by atoms with van der Waals surface area (Å²) in [5, 5.41) is 14.1. The predicted octanol–water partition coefficient (Wildman–Crippen LogP) is 3.87. The van der Waals surface area contributed by atoms with Gasteiger partial charge in [-0.2, -0.15) is 0 Å². The van der Waals surface area contributed by atoms with Crippen LogP contribution in [0.25, 0.3) is 0 Å². The monoisotopic (exact) mass is 393 g/mol. The SMILES string of the molecule is C[C@]1(c2ccc([N+](=O)[O-])cc2)NC(=O)N(Cc2ccc(Cl)c(Cl)c2)C1=O. The fourth-order valence-electron chi connectivity index (χ4n) is 2.77. The lowest BCUT2D eigenvalue weighted by atomic mass is 9.92. The molecule has 2 aromatic rings. The number of carbonyl (C=O) groups is 2. The molecule has 0 unspecified atom stereocenters. The van der Waals surface area contributed by atoms with E-state index in [2.05, 4.69) is 5.32 Å². The van der Waals surface area contributed by atoms with Crippen LogP contribution in [0.5, 0.6) is 0 Å². The van der Waals surface area contributed by atoms with E-state index in [0.717, 1.165) is 4.90 Å². The van der Waals surface area contributed by atoms with Crippen LogP contribution in [0.1, 0.15) is 18.1 Å². The van der Waals surface area contributed by atoms with E-state index in [-0.39, 0.29) is 12.2 Å². The first kappa shape index (κ1) is 18.2. The maximum Gasteiger partial charge on any atom is 0.325 e. The molecule has 0 aromatic heterocycles. The number of hydrogen-bond acceptors (Lipinski definition) is 4. The summed E-state index contributed by atoms with van der Waals surface area (Å²) in [6.45, 7) is 1.59. The molecule has 3 rings (SSSR count). The van der Waals surface area contributed by atoms with Crippen molar-refractivity contribution in [2.75, 3.05) is 0 Å². The van der Waals surface area contributed by atoms with Crippen molar-refractivity contribution in [2.24, 2.45) is 0 Å². The fourth-order valence-corrected chi connectivity index (χ4v) is 3.09. The standard InChI is InChI=1S/C17H13Cl2N3O4/c1-17(11-3-5-12(6-4-11)22(25)26)15(23)21(16(24)20-17)9-10-2-7-13(18)14(19)8-10/h2-8H,9H2,1H3,(H,20,24)/t17-/m1/s1. The number of nitro groups is 1.